The normalized spacial score (nSPS) is 10.7. The Morgan fingerprint density at radius 3 is 2.81 bits per heavy atom. The molecule has 0 aliphatic rings. The summed E-state index contributed by atoms with van der Waals surface area (Å²) in [5.41, 5.74) is 4.00. The second-order valence-electron chi connectivity index (χ2n) is 4.63. The summed E-state index contributed by atoms with van der Waals surface area (Å²) in [5.74, 6) is 1.27. The van der Waals surface area contributed by atoms with Gasteiger partial charge in [-0.2, -0.15) is 5.10 Å². The maximum atomic E-state index is 6.12. The molecule has 0 fully saturated rings. The van der Waals surface area contributed by atoms with Crippen LogP contribution in [0.4, 0.5) is 0 Å². The van der Waals surface area contributed by atoms with E-state index in [4.69, 9.17) is 33.3 Å². The van der Waals surface area contributed by atoms with Gasteiger partial charge >= 0.3 is 0 Å². The van der Waals surface area contributed by atoms with E-state index in [9.17, 15) is 0 Å². The number of benzene rings is 1. The zero-order valence-electron chi connectivity index (χ0n) is 12.0. The third-order valence-electron chi connectivity index (χ3n) is 2.66. The summed E-state index contributed by atoms with van der Waals surface area (Å²) in [4.78, 5) is 0. The molecule has 21 heavy (non-hydrogen) atoms. The van der Waals surface area contributed by atoms with Crippen molar-refractivity contribution in [2.24, 2.45) is 0 Å². The van der Waals surface area contributed by atoms with Crippen LogP contribution < -0.4 is 14.9 Å². The van der Waals surface area contributed by atoms with E-state index in [1.165, 1.54) is 0 Å². The van der Waals surface area contributed by atoms with Gasteiger partial charge in [-0.05, 0) is 32.1 Å². The van der Waals surface area contributed by atoms with Crippen LogP contribution in [0.1, 0.15) is 19.4 Å². The van der Waals surface area contributed by atoms with Gasteiger partial charge in [0.15, 0.2) is 11.5 Å². The number of H-pyrrole nitrogens is 1. The summed E-state index contributed by atoms with van der Waals surface area (Å²) in [6.45, 7) is 4.38. The molecule has 0 aliphatic heterocycles. The fourth-order valence-corrected chi connectivity index (χ4v) is 2.20. The molecule has 0 radical (unpaired) electrons. The van der Waals surface area contributed by atoms with Crippen LogP contribution in [-0.4, -0.2) is 28.1 Å². The smallest absolute Gasteiger partial charge is 0.214 e. The van der Waals surface area contributed by atoms with Gasteiger partial charge in [0.25, 0.3) is 0 Å². The van der Waals surface area contributed by atoms with E-state index in [-0.39, 0.29) is 6.10 Å². The molecule has 0 unspecified atom stereocenters. The minimum Gasteiger partial charge on any atom is -0.493 e. The third kappa shape index (κ3) is 3.89. The highest BCUT2D eigenvalue weighted by Gasteiger charge is 2.14. The summed E-state index contributed by atoms with van der Waals surface area (Å²) in [6, 6.07) is 3.56. The molecule has 0 spiro atoms. The van der Waals surface area contributed by atoms with Crippen LogP contribution in [-0.2, 0) is 6.54 Å². The number of hydrogen-bond acceptors (Lipinski definition) is 5. The van der Waals surface area contributed by atoms with Gasteiger partial charge in [0, 0.05) is 16.7 Å². The van der Waals surface area contributed by atoms with Crippen molar-refractivity contribution in [3.05, 3.63) is 33.8 Å². The van der Waals surface area contributed by atoms with Gasteiger partial charge in [0.05, 0.1) is 19.8 Å². The van der Waals surface area contributed by atoms with Crippen LogP contribution in [0, 0.1) is 4.77 Å². The minimum absolute atomic E-state index is 0.0231. The average Bonchev–Trinajstić information content (AvgIpc) is 2.83. The molecule has 6 nitrogen and oxygen atoms in total. The second kappa shape index (κ2) is 6.82. The topological polar surface area (TPSA) is 64.1 Å². The Balaban J connectivity index is 2.29. The first-order chi connectivity index (χ1) is 10.0. The fraction of sp³-hybridized carbons (Fsp3) is 0.385. The minimum atomic E-state index is 0.0231. The molecule has 0 saturated heterocycles. The molecule has 1 aromatic heterocycles. The highest BCUT2D eigenvalue weighted by Crippen LogP contribution is 2.35. The Hall–Kier alpha value is -1.73. The first kappa shape index (κ1) is 15.7. The lowest BCUT2D eigenvalue weighted by Gasteiger charge is -2.18. The number of rotatable bonds is 6. The highest BCUT2D eigenvalue weighted by atomic mass is 35.5. The van der Waals surface area contributed by atoms with Crippen molar-refractivity contribution in [3.63, 3.8) is 0 Å². The van der Waals surface area contributed by atoms with E-state index >= 15 is 0 Å². The summed E-state index contributed by atoms with van der Waals surface area (Å²) in [5, 5.41) is 7.09. The monoisotopic (exact) mass is 328 g/mol. The third-order valence-corrected chi connectivity index (χ3v) is 3.17. The molecule has 0 saturated carbocycles. The first-order valence-electron chi connectivity index (χ1n) is 6.40. The lowest BCUT2D eigenvalue weighted by Crippen LogP contribution is -2.16. The number of nitrogens with one attached hydrogen (secondary N) is 2. The van der Waals surface area contributed by atoms with Crippen molar-refractivity contribution < 1.29 is 9.47 Å². The molecule has 2 rings (SSSR count). The summed E-state index contributed by atoms with van der Waals surface area (Å²) >= 11 is 11.2. The van der Waals surface area contributed by atoms with Gasteiger partial charge in [0.1, 0.15) is 6.33 Å². The zero-order chi connectivity index (χ0) is 15.4. The standard InChI is InChI=1S/C13H17ClN4O2S/c1-8(2)20-12-9(4-10(14)5-11(12)19-3)6-16-18-7-15-17-13(18)21/h4-5,7-8,16H,6H2,1-3H3,(H,17,21). The van der Waals surface area contributed by atoms with Gasteiger partial charge in [-0.25, -0.2) is 4.68 Å². The second-order valence-corrected chi connectivity index (χ2v) is 5.45. The van der Waals surface area contributed by atoms with Crippen molar-refractivity contribution in [2.45, 2.75) is 26.5 Å². The number of ether oxygens (including phenoxy) is 2. The molecule has 114 valence electrons. The number of hydrogen-bond donors (Lipinski definition) is 2. The largest absolute Gasteiger partial charge is 0.493 e. The predicted octanol–water partition coefficient (Wildman–Crippen LogP) is 3.13. The Bertz CT molecular complexity index is 668. The van der Waals surface area contributed by atoms with Crippen LogP contribution in [0.5, 0.6) is 11.5 Å². The Morgan fingerprint density at radius 2 is 2.24 bits per heavy atom. The summed E-state index contributed by atoms with van der Waals surface area (Å²) in [6.07, 6.45) is 1.59. The van der Waals surface area contributed by atoms with Crippen LogP contribution in [0.3, 0.4) is 0 Å². The highest BCUT2D eigenvalue weighted by molar-refractivity contribution is 7.71. The van der Waals surface area contributed by atoms with E-state index in [0.29, 0.717) is 27.8 Å². The molecule has 2 aromatic rings. The first-order valence-corrected chi connectivity index (χ1v) is 7.19. The summed E-state index contributed by atoms with van der Waals surface area (Å²) < 4.78 is 13.3. The van der Waals surface area contributed by atoms with Crippen molar-refractivity contribution >= 4 is 23.8 Å². The molecule has 8 heteroatoms. The van der Waals surface area contributed by atoms with Gasteiger partial charge < -0.3 is 14.9 Å². The van der Waals surface area contributed by atoms with Gasteiger partial charge in [-0.15, -0.1) is 0 Å². The Kier molecular flexibility index (Phi) is 5.08. The van der Waals surface area contributed by atoms with Crippen molar-refractivity contribution in [1.29, 1.82) is 0 Å². The quantitative estimate of drug-likeness (QED) is 0.798. The molecule has 0 amide bonds. The number of nitrogens with zero attached hydrogens (tertiary/aromatic N) is 2. The van der Waals surface area contributed by atoms with Crippen LogP contribution >= 0.6 is 23.8 Å². The van der Waals surface area contributed by atoms with Gasteiger partial charge in [-0.1, -0.05) is 11.6 Å². The Morgan fingerprint density at radius 1 is 1.48 bits per heavy atom. The van der Waals surface area contributed by atoms with Crippen molar-refractivity contribution in [3.8, 4) is 11.5 Å². The predicted molar refractivity (Wildman–Crippen MR) is 84.2 cm³/mol. The number of aromatic nitrogens is 3. The lowest BCUT2D eigenvalue weighted by molar-refractivity contribution is 0.227. The van der Waals surface area contributed by atoms with Crippen molar-refractivity contribution in [1.82, 2.24) is 14.9 Å². The molecule has 2 N–H and O–H groups in total. The molecule has 1 heterocycles. The molecule has 1 aromatic carbocycles. The van der Waals surface area contributed by atoms with Crippen molar-refractivity contribution in [2.75, 3.05) is 12.5 Å². The van der Waals surface area contributed by atoms with E-state index in [1.54, 1.807) is 24.2 Å². The van der Waals surface area contributed by atoms with E-state index < -0.39 is 0 Å². The fourth-order valence-electron chi connectivity index (χ4n) is 1.81. The lowest BCUT2D eigenvalue weighted by atomic mass is 10.2. The van der Waals surface area contributed by atoms with Gasteiger partial charge in [-0.3, -0.25) is 5.10 Å². The maximum Gasteiger partial charge on any atom is 0.214 e. The van der Waals surface area contributed by atoms with Crippen LogP contribution in [0.25, 0.3) is 0 Å². The zero-order valence-corrected chi connectivity index (χ0v) is 13.6. The van der Waals surface area contributed by atoms with Crippen LogP contribution in [0.15, 0.2) is 18.5 Å². The van der Waals surface area contributed by atoms with Crippen LogP contribution in [0.2, 0.25) is 5.02 Å². The molecule has 0 bridgehead atoms. The number of halogens is 1. The molecular formula is C13H17ClN4O2S. The SMILES string of the molecule is COc1cc(Cl)cc(CNn2cn[nH]c2=S)c1OC(C)C. The number of methoxy groups -OCH3 is 1. The molecular weight excluding hydrogens is 312 g/mol. The van der Waals surface area contributed by atoms with E-state index in [1.807, 2.05) is 19.9 Å². The summed E-state index contributed by atoms with van der Waals surface area (Å²) in [7, 11) is 1.59. The average molecular weight is 329 g/mol. The molecule has 0 aliphatic carbocycles. The Labute approximate surface area is 133 Å². The number of aromatic amines is 1. The van der Waals surface area contributed by atoms with E-state index in [2.05, 4.69) is 15.6 Å². The maximum absolute atomic E-state index is 6.12. The molecule has 0 atom stereocenters. The van der Waals surface area contributed by atoms with E-state index in [0.717, 1.165) is 5.56 Å². The van der Waals surface area contributed by atoms with Gasteiger partial charge in [0.2, 0.25) is 4.77 Å².